The first-order chi connectivity index (χ1) is 7.12. The van der Waals surface area contributed by atoms with Crippen LogP contribution in [0.4, 0.5) is 0 Å². The molecule has 2 rings (SSSR count). The number of rotatable bonds is 1. The van der Waals surface area contributed by atoms with Crippen molar-refractivity contribution in [2.24, 2.45) is 0 Å². The average Bonchev–Trinajstić information content (AvgIpc) is 2.23. The van der Waals surface area contributed by atoms with E-state index in [1.807, 2.05) is 24.3 Å². The molecule has 0 unspecified atom stereocenters. The third kappa shape index (κ3) is 2.25. The van der Waals surface area contributed by atoms with Crippen LogP contribution in [-0.4, -0.2) is 30.1 Å². The number of hydrogen-bond acceptors (Lipinski definition) is 2. The predicted molar refractivity (Wildman–Crippen MR) is 64.8 cm³/mol. The highest BCUT2D eigenvalue weighted by Gasteiger charge is 2.34. The highest BCUT2D eigenvalue weighted by molar-refractivity contribution is 9.10. The summed E-state index contributed by atoms with van der Waals surface area (Å²) < 4.78 is 1.01. The molecule has 0 aromatic heterocycles. The van der Waals surface area contributed by atoms with Crippen molar-refractivity contribution in [2.75, 3.05) is 20.1 Å². The molecule has 15 heavy (non-hydrogen) atoms. The Labute approximate surface area is 99.0 Å². The highest BCUT2D eigenvalue weighted by Crippen LogP contribution is 2.36. The Kier molecular flexibility index (Phi) is 3.14. The maximum Gasteiger partial charge on any atom is 0.0931 e. The first kappa shape index (κ1) is 11.1. The molecule has 0 atom stereocenters. The monoisotopic (exact) mass is 269 g/mol. The van der Waals surface area contributed by atoms with Gasteiger partial charge in [-0.1, -0.05) is 34.1 Å². The molecule has 82 valence electrons. The average molecular weight is 270 g/mol. The molecule has 0 bridgehead atoms. The van der Waals surface area contributed by atoms with Gasteiger partial charge in [-0.3, -0.25) is 0 Å². The Bertz CT molecular complexity index is 345. The van der Waals surface area contributed by atoms with Gasteiger partial charge in [-0.05, 0) is 31.5 Å². The molecular weight excluding hydrogens is 254 g/mol. The highest BCUT2D eigenvalue weighted by atomic mass is 79.9. The van der Waals surface area contributed by atoms with E-state index in [0.717, 1.165) is 36.0 Å². The summed E-state index contributed by atoms with van der Waals surface area (Å²) in [4.78, 5) is 2.26. The van der Waals surface area contributed by atoms with Gasteiger partial charge in [0.05, 0.1) is 5.60 Å². The van der Waals surface area contributed by atoms with Gasteiger partial charge in [0.1, 0.15) is 0 Å². The number of hydrogen-bond donors (Lipinski definition) is 1. The van der Waals surface area contributed by atoms with Gasteiger partial charge in [0, 0.05) is 17.6 Å². The van der Waals surface area contributed by atoms with E-state index in [-0.39, 0.29) is 0 Å². The molecule has 1 aromatic carbocycles. The molecular formula is C12H16BrNO. The zero-order valence-electron chi connectivity index (χ0n) is 8.91. The summed E-state index contributed by atoms with van der Waals surface area (Å²) in [5.74, 6) is 0. The van der Waals surface area contributed by atoms with Crippen LogP contribution in [0.2, 0.25) is 0 Å². The van der Waals surface area contributed by atoms with Crippen LogP contribution in [0, 0.1) is 0 Å². The van der Waals surface area contributed by atoms with Gasteiger partial charge in [0.15, 0.2) is 0 Å². The summed E-state index contributed by atoms with van der Waals surface area (Å²) in [6.07, 6.45) is 1.62. The van der Waals surface area contributed by atoms with Crippen LogP contribution < -0.4 is 0 Å². The molecule has 0 saturated carbocycles. The minimum atomic E-state index is -0.646. The lowest BCUT2D eigenvalue weighted by Gasteiger charge is -2.37. The zero-order chi connectivity index (χ0) is 10.9. The quantitative estimate of drug-likeness (QED) is 0.846. The maximum atomic E-state index is 10.6. The van der Waals surface area contributed by atoms with Crippen molar-refractivity contribution in [3.05, 3.63) is 34.3 Å². The van der Waals surface area contributed by atoms with Crippen LogP contribution in [0.5, 0.6) is 0 Å². The Morgan fingerprint density at radius 2 is 1.87 bits per heavy atom. The fourth-order valence-corrected chi connectivity index (χ4v) is 2.75. The summed E-state index contributed by atoms with van der Waals surface area (Å²) in [5.41, 5.74) is 0.380. The lowest BCUT2D eigenvalue weighted by molar-refractivity contribution is -0.0208. The van der Waals surface area contributed by atoms with E-state index in [1.54, 1.807) is 0 Å². The van der Waals surface area contributed by atoms with E-state index in [4.69, 9.17) is 0 Å². The zero-order valence-corrected chi connectivity index (χ0v) is 10.5. The van der Waals surface area contributed by atoms with E-state index in [1.165, 1.54) is 0 Å². The largest absolute Gasteiger partial charge is 0.385 e. The second-order valence-electron chi connectivity index (χ2n) is 4.31. The Hall–Kier alpha value is -0.380. The number of aliphatic hydroxyl groups is 1. The fraction of sp³-hybridized carbons (Fsp3) is 0.500. The van der Waals surface area contributed by atoms with E-state index < -0.39 is 5.60 Å². The van der Waals surface area contributed by atoms with Crippen LogP contribution in [0.15, 0.2) is 28.7 Å². The molecule has 1 aliphatic rings. The maximum absolute atomic E-state index is 10.6. The van der Waals surface area contributed by atoms with Crippen molar-refractivity contribution in [3.8, 4) is 0 Å². The van der Waals surface area contributed by atoms with Crippen molar-refractivity contribution >= 4 is 15.9 Å². The van der Waals surface area contributed by atoms with Crippen molar-refractivity contribution in [1.82, 2.24) is 4.90 Å². The van der Waals surface area contributed by atoms with E-state index in [9.17, 15) is 5.11 Å². The molecule has 1 fully saturated rings. The molecule has 0 radical (unpaired) electrons. The van der Waals surface area contributed by atoms with Gasteiger partial charge < -0.3 is 10.0 Å². The Morgan fingerprint density at radius 3 is 2.47 bits per heavy atom. The van der Waals surface area contributed by atoms with Crippen LogP contribution in [0.25, 0.3) is 0 Å². The predicted octanol–water partition coefficient (Wildman–Crippen LogP) is 2.36. The molecule has 0 aliphatic carbocycles. The summed E-state index contributed by atoms with van der Waals surface area (Å²) in [7, 11) is 2.10. The van der Waals surface area contributed by atoms with Gasteiger partial charge >= 0.3 is 0 Å². The fourth-order valence-electron chi connectivity index (χ4n) is 2.10. The molecule has 0 spiro atoms. The van der Waals surface area contributed by atoms with E-state index >= 15 is 0 Å². The number of halogens is 1. The van der Waals surface area contributed by atoms with Gasteiger partial charge in [0.2, 0.25) is 0 Å². The van der Waals surface area contributed by atoms with E-state index in [0.29, 0.717) is 0 Å². The third-order valence-corrected chi connectivity index (χ3v) is 3.88. The van der Waals surface area contributed by atoms with Gasteiger partial charge in [0.25, 0.3) is 0 Å². The van der Waals surface area contributed by atoms with Gasteiger partial charge in [-0.2, -0.15) is 0 Å². The van der Waals surface area contributed by atoms with Crippen LogP contribution >= 0.6 is 15.9 Å². The first-order valence-corrected chi connectivity index (χ1v) is 6.07. The molecule has 1 aliphatic heterocycles. The number of piperidine rings is 1. The summed E-state index contributed by atoms with van der Waals surface area (Å²) in [6, 6.07) is 7.96. The van der Waals surface area contributed by atoms with Crippen molar-refractivity contribution in [1.29, 1.82) is 0 Å². The molecule has 1 saturated heterocycles. The summed E-state index contributed by atoms with van der Waals surface area (Å²) in [5, 5.41) is 10.6. The molecule has 0 amide bonds. The van der Waals surface area contributed by atoms with Crippen LogP contribution in [0.3, 0.4) is 0 Å². The lowest BCUT2D eigenvalue weighted by Crippen LogP contribution is -2.40. The number of benzene rings is 1. The minimum absolute atomic E-state index is 0.646. The number of likely N-dealkylation sites (tertiary alicyclic amines) is 1. The summed E-state index contributed by atoms with van der Waals surface area (Å²) >= 11 is 3.51. The molecule has 2 nitrogen and oxygen atoms in total. The lowest BCUT2D eigenvalue weighted by atomic mass is 9.85. The normalized spacial score (nSPS) is 21.5. The Balaban J connectivity index is 2.26. The molecule has 1 N–H and O–H groups in total. The van der Waals surface area contributed by atoms with Crippen LogP contribution in [-0.2, 0) is 5.60 Å². The standard InChI is InChI=1S/C12H16BrNO/c1-14-8-6-12(15,7-9-14)10-4-2-3-5-11(10)13/h2-5,15H,6-9H2,1H3. The van der Waals surface area contributed by atoms with Gasteiger partial charge in [-0.25, -0.2) is 0 Å². The van der Waals surface area contributed by atoms with E-state index in [2.05, 4.69) is 27.9 Å². The van der Waals surface area contributed by atoms with Gasteiger partial charge in [-0.15, -0.1) is 0 Å². The SMILES string of the molecule is CN1CCC(O)(c2ccccc2Br)CC1. The molecule has 1 aromatic rings. The topological polar surface area (TPSA) is 23.5 Å². The minimum Gasteiger partial charge on any atom is -0.385 e. The summed E-state index contributed by atoms with van der Waals surface area (Å²) in [6.45, 7) is 1.91. The first-order valence-electron chi connectivity index (χ1n) is 5.28. The van der Waals surface area contributed by atoms with Crippen molar-refractivity contribution in [3.63, 3.8) is 0 Å². The van der Waals surface area contributed by atoms with Crippen molar-refractivity contribution < 1.29 is 5.11 Å². The second kappa shape index (κ2) is 4.24. The third-order valence-electron chi connectivity index (χ3n) is 3.19. The smallest absolute Gasteiger partial charge is 0.0931 e. The molecule has 1 heterocycles. The molecule has 3 heteroatoms. The Morgan fingerprint density at radius 1 is 1.27 bits per heavy atom. The van der Waals surface area contributed by atoms with Crippen LogP contribution in [0.1, 0.15) is 18.4 Å². The number of nitrogens with zero attached hydrogens (tertiary/aromatic N) is 1. The van der Waals surface area contributed by atoms with Crippen molar-refractivity contribution in [2.45, 2.75) is 18.4 Å². The second-order valence-corrected chi connectivity index (χ2v) is 5.17.